The van der Waals surface area contributed by atoms with Crippen molar-refractivity contribution in [1.82, 2.24) is 4.72 Å². The van der Waals surface area contributed by atoms with Crippen molar-refractivity contribution >= 4 is 21.8 Å². The first-order valence-electron chi connectivity index (χ1n) is 8.15. The van der Waals surface area contributed by atoms with Gasteiger partial charge in [0.15, 0.2) is 6.61 Å². The average molecular weight is 393 g/mol. The van der Waals surface area contributed by atoms with Gasteiger partial charge in [0, 0.05) is 5.56 Å². The highest BCUT2D eigenvalue weighted by Crippen LogP contribution is 2.12. The maximum atomic E-state index is 12.9. The van der Waals surface area contributed by atoms with Crippen LogP contribution >= 0.6 is 0 Å². The van der Waals surface area contributed by atoms with E-state index in [1.54, 1.807) is 19.1 Å². The van der Waals surface area contributed by atoms with Crippen LogP contribution in [0.25, 0.3) is 0 Å². The summed E-state index contributed by atoms with van der Waals surface area (Å²) in [6.45, 7) is 4.48. The van der Waals surface area contributed by atoms with Crippen molar-refractivity contribution in [3.05, 3.63) is 65.0 Å². The Labute approximate surface area is 157 Å². The van der Waals surface area contributed by atoms with E-state index in [1.807, 2.05) is 13.0 Å². The third-order valence-electron chi connectivity index (χ3n) is 3.84. The first-order chi connectivity index (χ1) is 12.6. The highest BCUT2D eigenvalue weighted by molar-refractivity contribution is 7.89. The van der Waals surface area contributed by atoms with Crippen LogP contribution in [0.2, 0.25) is 0 Å². The molecule has 2 aromatic rings. The summed E-state index contributed by atoms with van der Waals surface area (Å²) in [5.41, 5.74) is 2.21. The third kappa shape index (κ3) is 5.45. The van der Waals surface area contributed by atoms with Crippen LogP contribution < -0.4 is 4.72 Å². The van der Waals surface area contributed by atoms with E-state index in [2.05, 4.69) is 4.72 Å². The number of hydrogen-bond acceptors (Lipinski definition) is 5. The summed E-state index contributed by atoms with van der Waals surface area (Å²) < 4.78 is 44.4. The van der Waals surface area contributed by atoms with Gasteiger partial charge >= 0.3 is 5.97 Å². The van der Waals surface area contributed by atoms with Crippen molar-refractivity contribution < 1.29 is 27.1 Å². The molecule has 0 unspecified atom stereocenters. The number of Topliss-reactive ketones (excluding diaryl/α,β-unsaturated/α-hetero) is 1. The molecule has 27 heavy (non-hydrogen) atoms. The van der Waals surface area contributed by atoms with Crippen LogP contribution in [-0.4, -0.2) is 32.8 Å². The largest absolute Gasteiger partial charge is 0.456 e. The number of esters is 1. The molecular weight excluding hydrogens is 373 g/mol. The topological polar surface area (TPSA) is 89.5 Å². The number of aryl methyl sites for hydroxylation is 2. The van der Waals surface area contributed by atoms with Gasteiger partial charge in [-0.25, -0.2) is 12.8 Å². The molecule has 144 valence electrons. The van der Waals surface area contributed by atoms with Crippen LogP contribution in [0.3, 0.4) is 0 Å². The molecule has 0 saturated carbocycles. The van der Waals surface area contributed by atoms with Gasteiger partial charge in [-0.05, 0) is 50.6 Å². The molecule has 8 heteroatoms. The molecule has 0 spiro atoms. The van der Waals surface area contributed by atoms with Gasteiger partial charge in [-0.2, -0.15) is 4.72 Å². The SMILES string of the molecule is Cc1ccc(C(=O)COC(=O)[C@H](C)NS(=O)(=O)c2ccc(F)cc2)c(C)c1. The number of benzene rings is 2. The molecule has 2 rings (SSSR count). The predicted octanol–water partition coefficient (Wildman–Crippen LogP) is 2.54. The van der Waals surface area contributed by atoms with Crippen molar-refractivity contribution in [2.45, 2.75) is 31.7 Å². The van der Waals surface area contributed by atoms with Gasteiger partial charge in [-0.15, -0.1) is 0 Å². The number of ketones is 1. The van der Waals surface area contributed by atoms with E-state index in [-0.39, 0.29) is 10.7 Å². The number of nitrogens with one attached hydrogen (secondary N) is 1. The number of sulfonamides is 1. The summed E-state index contributed by atoms with van der Waals surface area (Å²) in [5.74, 6) is -1.85. The lowest BCUT2D eigenvalue weighted by Crippen LogP contribution is -2.40. The van der Waals surface area contributed by atoms with Crippen LogP contribution in [0.4, 0.5) is 4.39 Å². The molecule has 0 saturated heterocycles. The second-order valence-corrected chi connectivity index (χ2v) is 7.86. The van der Waals surface area contributed by atoms with Crippen molar-refractivity contribution in [2.75, 3.05) is 6.61 Å². The van der Waals surface area contributed by atoms with E-state index in [0.717, 1.165) is 35.4 Å². The van der Waals surface area contributed by atoms with Crippen molar-refractivity contribution in [1.29, 1.82) is 0 Å². The molecular formula is C19H20FNO5S. The minimum atomic E-state index is -4.03. The van der Waals surface area contributed by atoms with Gasteiger partial charge in [-0.3, -0.25) is 9.59 Å². The number of rotatable bonds is 7. The lowest BCUT2D eigenvalue weighted by molar-refractivity contribution is -0.144. The molecule has 0 bridgehead atoms. The highest BCUT2D eigenvalue weighted by atomic mass is 32.2. The Morgan fingerprint density at radius 2 is 1.74 bits per heavy atom. The smallest absolute Gasteiger partial charge is 0.324 e. The fourth-order valence-corrected chi connectivity index (χ4v) is 3.62. The molecule has 0 heterocycles. The van der Waals surface area contributed by atoms with Gasteiger partial charge in [0.05, 0.1) is 4.90 Å². The zero-order chi connectivity index (χ0) is 20.2. The molecule has 0 aromatic heterocycles. The summed E-state index contributed by atoms with van der Waals surface area (Å²) in [6, 6.07) is 8.23. The molecule has 1 N–H and O–H groups in total. The van der Waals surface area contributed by atoms with Crippen LogP contribution in [0, 0.1) is 19.7 Å². The minimum Gasteiger partial charge on any atom is -0.456 e. The normalized spacial score (nSPS) is 12.4. The summed E-state index contributed by atoms with van der Waals surface area (Å²) in [7, 11) is -4.03. The van der Waals surface area contributed by atoms with Gasteiger partial charge in [0.25, 0.3) is 0 Å². The molecule has 0 amide bonds. The molecule has 0 radical (unpaired) electrons. The molecule has 1 atom stereocenters. The first-order valence-corrected chi connectivity index (χ1v) is 9.63. The molecule has 0 aliphatic heterocycles. The standard InChI is InChI=1S/C19H20FNO5S/c1-12-4-9-17(13(2)10-12)18(22)11-26-19(23)14(3)21-27(24,25)16-7-5-15(20)6-8-16/h4-10,14,21H,11H2,1-3H3/t14-/m0/s1. The molecule has 6 nitrogen and oxygen atoms in total. The van der Waals surface area contributed by atoms with Gasteiger partial charge < -0.3 is 4.74 Å². The number of carbonyl (C=O) groups is 2. The van der Waals surface area contributed by atoms with E-state index in [9.17, 15) is 22.4 Å². The quantitative estimate of drug-likeness (QED) is 0.577. The van der Waals surface area contributed by atoms with Gasteiger partial charge in [0.1, 0.15) is 11.9 Å². The van der Waals surface area contributed by atoms with Crippen molar-refractivity contribution in [3.63, 3.8) is 0 Å². The second kappa shape index (κ2) is 8.41. The Balaban J connectivity index is 1.97. The fourth-order valence-electron chi connectivity index (χ4n) is 2.43. The molecule has 0 aliphatic rings. The monoisotopic (exact) mass is 393 g/mol. The van der Waals surface area contributed by atoms with Gasteiger partial charge in [0.2, 0.25) is 15.8 Å². The number of carbonyl (C=O) groups excluding carboxylic acids is 2. The van der Waals surface area contributed by atoms with E-state index in [4.69, 9.17) is 4.74 Å². The number of halogens is 1. The van der Waals surface area contributed by atoms with Crippen molar-refractivity contribution in [3.8, 4) is 0 Å². The molecule has 0 aliphatic carbocycles. The number of ether oxygens (including phenoxy) is 1. The van der Waals surface area contributed by atoms with Crippen molar-refractivity contribution in [2.24, 2.45) is 0 Å². The Hall–Kier alpha value is -2.58. The summed E-state index contributed by atoms with van der Waals surface area (Å²) in [4.78, 5) is 24.0. The minimum absolute atomic E-state index is 0.185. The summed E-state index contributed by atoms with van der Waals surface area (Å²) in [6.07, 6.45) is 0. The van der Waals surface area contributed by atoms with Crippen LogP contribution in [0.15, 0.2) is 47.4 Å². The fraction of sp³-hybridized carbons (Fsp3) is 0.263. The van der Waals surface area contributed by atoms with E-state index < -0.39 is 34.5 Å². The lowest BCUT2D eigenvalue weighted by Gasteiger charge is -2.14. The number of hydrogen-bond donors (Lipinski definition) is 1. The van der Waals surface area contributed by atoms with Crippen LogP contribution in [0.5, 0.6) is 0 Å². The Morgan fingerprint density at radius 3 is 2.33 bits per heavy atom. The average Bonchev–Trinajstić information content (AvgIpc) is 2.59. The molecule has 0 fully saturated rings. The van der Waals surface area contributed by atoms with Gasteiger partial charge in [-0.1, -0.05) is 23.8 Å². The Bertz CT molecular complexity index is 955. The maximum absolute atomic E-state index is 12.9. The maximum Gasteiger partial charge on any atom is 0.324 e. The summed E-state index contributed by atoms with van der Waals surface area (Å²) in [5, 5.41) is 0. The molecule has 2 aromatic carbocycles. The predicted molar refractivity (Wildman–Crippen MR) is 97.4 cm³/mol. The van der Waals surface area contributed by atoms with Crippen LogP contribution in [-0.2, 0) is 19.6 Å². The lowest BCUT2D eigenvalue weighted by atomic mass is 10.0. The van der Waals surface area contributed by atoms with E-state index in [0.29, 0.717) is 5.56 Å². The first kappa shape index (κ1) is 20.7. The van der Waals surface area contributed by atoms with Crippen LogP contribution in [0.1, 0.15) is 28.4 Å². The highest BCUT2D eigenvalue weighted by Gasteiger charge is 2.24. The zero-order valence-corrected chi connectivity index (χ0v) is 16.0. The zero-order valence-electron chi connectivity index (χ0n) is 15.2. The Kier molecular flexibility index (Phi) is 6.45. The third-order valence-corrected chi connectivity index (χ3v) is 5.39. The van der Waals surface area contributed by atoms with E-state index >= 15 is 0 Å². The summed E-state index contributed by atoms with van der Waals surface area (Å²) >= 11 is 0. The van der Waals surface area contributed by atoms with E-state index in [1.165, 1.54) is 6.92 Å². The Morgan fingerprint density at radius 1 is 1.11 bits per heavy atom. The second-order valence-electron chi connectivity index (χ2n) is 6.15.